The lowest BCUT2D eigenvalue weighted by molar-refractivity contribution is 0.0622. The summed E-state index contributed by atoms with van der Waals surface area (Å²) in [6.07, 6.45) is 0. The van der Waals surface area contributed by atoms with Crippen molar-refractivity contribution >= 4 is 17.5 Å². The molecule has 146 valence electrons. The molecule has 1 aliphatic rings. The number of furan rings is 1. The van der Waals surface area contributed by atoms with Crippen LogP contribution in [0.15, 0.2) is 40.8 Å². The van der Waals surface area contributed by atoms with Gasteiger partial charge in [0.2, 0.25) is 0 Å². The zero-order chi connectivity index (χ0) is 19.7. The smallest absolute Gasteiger partial charge is 0.274 e. The van der Waals surface area contributed by atoms with Crippen LogP contribution in [0.25, 0.3) is 11.5 Å². The van der Waals surface area contributed by atoms with Gasteiger partial charge in [-0.15, -0.1) is 0 Å². The number of hydrogen-bond donors (Lipinski definition) is 1. The number of carbonyl (C=O) groups excluding carboxylic acids is 1. The Balaban J connectivity index is 1.36. The predicted octanol–water partition coefficient (Wildman–Crippen LogP) is 3.73. The maximum Gasteiger partial charge on any atom is 0.274 e. The number of carbonyl (C=O) groups is 1. The fourth-order valence-corrected chi connectivity index (χ4v) is 3.53. The van der Waals surface area contributed by atoms with Crippen LogP contribution in [-0.4, -0.2) is 52.1 Å². The molecule has 8 heteroatoms. The van der Waals surface area contributed by atoms with Gasteiger partial charge in [-0.25, -0.2) is 4.39 Å². The van der Waals surface area contributed by atoms with Crippen LogP contribution in [0.5, 0.6) is 0 Å². The van der Waals surface area contributed by atoms with Crippen molar-refractivity contribution in [2.75, 3.05) is 26.2 Å². The summed E-state index contributed by atoms with van der Waals surface area (Å²) >= 11 is 6.11. The molecule has 1 amide bonds. The van der Waals surface area contributed by atoms with Gasteiger partial charge in [0.05, 0.1) is 0 Å². The van der Waals surface area contributed by atoms with E-state index in [0.717, 1.165) is 11.3 Å². The lowest BCUT2D eigenvalue weighted by atomic mass is 10.2. The third kappa shape index (κ3) is 3.95. The molecule has 4 rings (SSSR count). The number of aryl methyl sites for hydroxylation is 1. The predicted molar refractivity (Wildman–Crippen MR) is 104 cm³/mol. The van der Waals surface area contributed by atoms with Crippen LogP contribution in [0.1, 0.15) is 21.8 Å². The van der Waals surface area contributed by atoms with E-state index in [1.54, 1.807) is 17.0 Å². The van der Waals surface area contributed by atoms with Crippen molar-refractivity contribution in [1.29, 1.82) is 0 Å². The second kappa shape index (κ2) is 7.77. The van der Waals surface area contributed by atoms with E-state index in [0.29, 0.717) is 54.9 Å². The summed E-state index contributed by atoms with van der Waals surface area (Å²) < 4.78 is 18.7. The molecule has 3 aromatic rings. The molecule has 1 aliphatic heterocycles. The van der Waals surface area contributed by atoms with Crippen molar-refractivity contribution in [3.8, 4) is 11.5 Å². The molecule has 0 spiro atoms. The zero-order valence-electron chi connectivity index (χ0n) is 15.4. The minimum atomic E-state index is -0.341. The average molecular weight is 403 g/mol. The maximum absolute atomic E-state index is 13.2. The van der Waals surface area contributed by atoms with E-state index in [1.165, 1.54) is 12.1 Å². The van der Waals surface area contributed by atoms with E-state index < -0.39 is 0 Å². The van der Waals surface area contributed by atoms with Gasteiger partial charge in [0.1, 0.15) is 17.3 Å². The number of hydrogen-bond acceptors (Lipinski definition) is 4. The lowest BCUT2D eigenvalue weighted by Gasteiger charge is -2.34. The number of nitrogens with zero attached hydrogens (tertiary/aromatic N) is 3. The summed E-state index contributed by atoms with van der Waals surface area (Å²) in [5.74, 6) is 1.01. The van der Waals surface area contributed by atoms with Gasteiger partial charge < -0.3 is 9.32 Å². The van der Waals surface area contributed by atoms with E-state index >= 15 is 0 Å². The van der Waals surface area contributed by atoms with Crippen LogP contribution >= 0.6 is 11.6 Å². The molecule has 0 aliphatic carbocycles. The van der Waals surface area contributed by atoms with Crippen molar-refractivity contribution in [1.82, 2.24) is 20.0 Å². The topological polar surface area (TPSA) is 65.4 Å². The number of piperazine rings is 1. The standard InChI is InChI=1S/C20H20ClFN4O2/c1-13-2-5-19(28-13)17-11-18(24-23-17)20(27)26-8-6-25(7-9-26)12-14-3-4-15(22)10-16(14)21/h2-5,10-11H,6-9,12H2,1H3,(H,23,24). The molecule has 2 aromatic heterocycles. The van der Waals surface area contributed by atoms with Crippen LogP contribution in [0, 0.1) is 12.7 Å². The van der Waals surface area contributed by atoms with Crippen molar-refractivity contribution in [2.24, 2.45) is 0 Å². The SMILES string of the molecule is Cc1ccc(-c2cc(C(=O)N3CCN(Cc4ccc(F)cc4Cl)CC3)n[nH]2)o1. The Hall–Kier alpha value is -2.64. The largest absolute Gasteiger partial charge is 0.460 e. The number of rotatable bonds is 4. The normalized spacial score (nSPS) is 15.2. The summed E-state index contributed by atoms with van der Waals surface area (Å²) in [7, 11) is 0. The second-order valence-corrected chi connectivity index (χ2v) is 7.29. The average Bonchev–Trinajstić information content (AvgIpc) is 3.33. The van der Waals surface area contributed by atoms with E-state index in [9.17, 15) is 9.18 Å². The number of benzene rings is 1. The van der Waals surface area contributed by atoms with Gasteiger partial charge >= 0.3 is 0 Å². The van der Waals surface area contributed by atoms with Crippen molar-refractivity contribution in [3.63, 3.8) is 0 Å². The molecule has 0 radical (unpaired) electrons. The number of amides is 1. The Morgan fingerprint density at radius 3 is 2.68 bits per heavy atom. The van der Waals surface area contributed by atoms with Gasteiger partial charge in [0.25, 0.3) is 5.91 Å². The molecule has 0 unspecified atom stereocenters. The van der Waals surface area contributed by atoms with Gasteiger partial charge in [-0.1, -0.05) is 17.7 Å². The molecule has 1 aromatic carbocycles. The first kappa shape index (κ1) is 18.7. The molecular weight excluding hydrogens is 383 g/mol. The van der Waals surface area contributed by atoms with E-state index in [2.05, 4.69) is 15.1 Å². The summed E-state index contributed by atoms with van der Waals surface area (Å²) in [6.45, 7) is 5.12. The van der Waals surface area contributed by atoms with Crippen LogP contribution in [-0.2, 0) is 6.54 Å². The number of H-pyrrole nitrogens is 1. The molecule has 28 heavy (non-hydrogen) atoms. The molecule has 3 heterocycles. The number of nitrogens with one attached hydrogen (secondary N) is 1. The number of halogens is 2. The molecule has 1 saturated heterocycles. The van der Waals surface area contributed by atoms with E-state index in [1.807, 2.05) is 19.1 Å². The lowest BCUT2D eigenvalue weighted by Crippen LogP contribution is -2.48. The maximum atomic E-state index is 13.2. The van der Waals surface area contributed by atoms with E-state index in [4.69, 9.17) is 16.0 Å². The monoisotopic (exact) mass is 402 g/mol. The molecule has 0 saturated carbocycles. The van der Waals surface area contributed by atoms with Gasteiger partial charge in [-0.05, 0) is 36.8 Å². The Morgan fingerprint density at radius 1 is 1.21 bits per heavy atom. The van der Waals surface area contributed by atoms with Gasteiger partial charge in [0, 0.05) is 43.8 Å². The number of aromatic amines is 1. The number of aromatic nitrogens is 2. The molecule has 0 bridgehead atoms. The fourth-order valence-electron chi connectivity index (χ4n) is 3.30. The molecule has 0 atom stereocenters. The molecule has 6 nitrogen and oxygen atoms in total. The highest BCUT2D eigenvalue weighted by molar-refractivity contribution is 6.31. The van der Waals surface area contributed by atoms with Gasteiger partial charge in [0.15, 0.2) is 11.5 Å². The fraction of sp³-hybridized carbons (Fsp3) is 0.300. The highest BCUT2D eigenvalue weighted by Crippen LogP contribution is 2.22. The van der Waals surface area contributed by atoms with Gasteiger partial charge in [-0.3, -0.25) is 14.8 Å². The van der Waals surface area contributed by atoms with Crippen LogP contribution in [0.4, 0.5) is 4.39 Å². The van der Waals surface area contributed by atoms with Crippen LogP contribution < -0.4 is 0 Å². The first-order chi connectivity index (χ1) is 13.5. The Labute approximate surface area is 166 Å². The highest BCUT2D eigenvalue weighted by atomic mass is 35.5. The Morgan fingerprint density at radius 2 is 2.00 bits per heavy atom. The first-order valence-corrected chi connectivity index (χ1v) is 9.45. The minimum Gasteiger partial charge on any atom is -0.460 e. The molecule has 1 fully saturated rings. The van der Waals surface area contributed by atoms with Crippen molar-refractivity contribution in [3.05, 3.63) is 64.3 Å². The zero-order valence-corrected chi connectivity index (χ0v) is 16.2. The second-order valence-electron chi connectivity index (χ2n) is 6.88. The third-order valence-electron chi connectivity index (χ3n) is 4.87. The summed E-state index contributed by atoms with van der Waals surface area (Å²) in [6, 6.07) is 9.87. The van der Waals surface area contributed by atoms with Crippen LogP contribution in [0.2, 0.25) is 5.02 Å². The van der Waals surface area contributed by atoms with E-state index in [-0.39, 0.29) is 11.7 Å². The third-order valence-corrected chi connectivity index (χ3v) is 5.22. The Kier molecular flexibility index (Phi) is 5.19. The minimum absolute atomic E-state index is 0.106. The Bertz CT molecular complexity index is 992. The summed E-state index contributed by atoms with van der Waals surface area (Å²) in [5, 5.41) is 7.43. The van der Waals surface area contributed by atoms with Crippen LogP contribution in [0.3, 0.4) is 0 Å². The summed E-state index contributed by atoms with van der Waals surface area (Å²) in [5.41, 5.74) is 1.94. The molecule has 1 N–H and O–H groups in total. The molecular formula is C20H20ClFN4O2. The van der Waals surface area contributed by atoms with Crippen molar-refractivity contribution in [2.45, 2.75) is 13.5 Å². The summed E-state index contributed by atoms with van der Waals surface area (Å²) in [4.78, 5) is 16.7. The van der Waals surface area contributed by atoms with Crippen molar-refractivity contribution < 1.29 is 13.6 Å². The van der Waals surface area contributed by atoms with Gasteiger partial charge in [-0.2, -0.15) is 5.10 Å². The highest BCUT2D eigenvalue weighted by Gasteiger charge is 2.24. The first-order valence-electron chi connectivity index (χ1n) is 9.07. The quantitative estimate of drug-likeness (QED) is 0.722.